The summed E-state index contributed by atoms with van der Waals surface area (Å²) in [7, 11) is -3.39. The summed E-state index contributed by atoms with van der Waals surface area (Å²) < 4.78 is 31.6. The highest BCUT2D eigenvalue weighted by molar-refractivity contribution is 7.89. The fourth-order valence-electron chi connectivity index (χ4n) is 1.86. The van der Waals surface area contributed by atoms with E-state index < -0.39 is 10.0 Å². The average Bonchev–Trinajstić information content (AvgIpc) is 2.99. The zero-order chi connectivity index (χ0) is 15.1. The van der Waals surface area contributed by atoms with Crippen LogP contribution in [0.4, 0.5) is 5.69 Å². The smallest absolute Gasteiger partial charge is 0.240 e. The van der Waals surface area contributed by atoms with E-state index in [-0.39, 0.29) is 4.90 Å². The molecule has 1 aromatic carbocycles. The number of furan rings is 1. The third-order valence-electron chi connectivity index (χ3n) is 2.99. The first kappa shape index (κ1) is 15.6. The maximum absolute atomic E-state index is 11.9. The number of benzene rings is 1. The second kappa shape index (κ2) is 7.28. The normalized spacial score (nSPS) is 11.5. The van der Waals surface area contributed by atoms with Crippen molar-refractivity contribution in [3.63, 3.8) is 0 Å². The molecule has 0 radical (unpaired) electrons. The van der Waals surface area contributed by atoms with Crippen LogP contribution in [0.3, 0.4) is 0 Å². The van der Waals surface area contributed by atoms with Gasteiger partial charge in [-0.15, -0.1) is 0 Å². The summed E-state index contributed by atoms with van der Waals surface area (Å²) in [5, 5.41) is 3.23. The van der Waals surface area contributed by atoms with E-state index in [0.717, 1.165) is 30.8 Å². The molecule has 0 bridgehead atoms. The molecule has 0 amide bonds. The molecule has 0 aliphatic heterocycles. The molecule has 2 rings (SSSR count). The number of nitrogens with one attached hydrogen (secondary N) is 2. The van der Waals surface area contributed by atoms with Crippen molar-refractivity contribution < 1.29 is 12.8 Å². The van der Waals surface area contributed by atoms with Gasteiger partial charge in [0.05, 0.1) is 11.2 Å². The Kier molecular flexibility index (Phi) is 5.41. The van der Waals surface area contributed by atoms with Gasteiger partial charge >= 0.3 is 0 Å². The Balaban J connectivity index is 1.89. The number of anilines is 1. The number of hydrogen-bond acceptors (Lipinski definition) is 4. The largest absolute Gasteiger partial charge is 0.469 e. The number of hydrogen-bond donors (Lipinski definition) is 2. The van der Waals surface area contributed by atoms with Crippen LogP contribution in [0.15, 0.2) is 52.0 Å². The third kappa shape index (κ3) is 4.61. The first-order chi connectivity index (χ1) is 10.1. The molecule has 0 aliphatic rings. The zero-order valence-corrected chi connectivity index (χ0v) is 12.8. The fraction of sp³-hybridized carbons (Fsp3) is 0.333. The maximum atomic E-state index is 11.9. The van der Waals surface area contributed by atoms with Crippen LogP contribution in [0.25, 0.3) is 0 Å². The van der Waals surface area contributed by atoms with Crippen LogP contribution < -0.4 is 10.0 Å². The first-order valence-electron chi connectivity index (χ1n) is 6.98. The molecular weight excluding hydrogens is 288 g/mol. The maximum Gasteiger partial charge on any atom is 0.240 e. The molecule has 21 heavy (non-hydrogen) atoms. The molecule has 0 spiro atoms. The van der Waals surface area contributed by atoms with Gasteiger partial charge in [-0.3, -0.25) is 0 Å². The summed E-state index contributed by atoms with van der Waals surface area (Å²) in [5.74, 6) is 0.922. The van der Waals surface area contributed by atoms with Crippen molar-refractivity contribution >= 4 is 15.7 Å². The minimum atomic E-state index is -3.39. The van der Waals surface area contributed by atoms with Gasteiger partial charge in [-0.05, 0) is 42.8 Å². The van der Waals surface area contributed by atoms with Gasteiger partial charge in [0, 0.05) is 25.2 Å². The van der Waals surface area contributed by atoms with Gasteiger partial charge in [-0.25, -0.2) is 13.1 Å². The molecule has 2 N–H and O–H groups in total. The lowest BCUT2D eigenvalue weighted by Gasteiger charge is -2.08. The third-order valence-corrected chi connectivity index (χ3v) is 4.46. The van der Waals surface area contributed by atoms with Crippen molar-refractivity contribution in [3.8, 4) is 0 Å². The van der Waals surface area contributed by atoms with E-state index in [1.807, 2.05) is 19.1 Å². The highest BCUT2D eigenvalue weighted by Crippen LogP contribution is 2.14. The highest BCUT2D eigenvalue weighted by atomic mass is 32.2. The lowest BCUT2D eigenvalue weighted by atomic mass is 10.3. The van der Waals surface area contributed by atoms with Crippen molar-refractivity contribution in [2.24, 2.45) is 0 Å². The Morgan fingerprint density at radius 2 is 1.86 bits per heavy atom. The van der Waals surface area contributed by atoms with Crippen LogP contribution in [-0.2, 0) is 16.4 Å². The predicted molar refractivity (Wildman–Crippen MR) is 82.8 cm³/mol. The quantitative estimate of drug-likeness (QED) is 0.786. The molecule has 6 heteroatoms. The molecule has 2 aromatic rings. The van der Waals surface area contributed by atoms with Gasteiger partial charge in [0.25, 0.3) is 0 Å². The summed E-state index contributed by atoms with van der Waals surface area (Å²) in [4.78, 5) is 0.285. The summed E-state index contributed by atoms with van der Waals surface area (Å²) in [6, 6.07) is 10.5. The van der Waals surface area contributed by atoms with E-state index in [9.17, 15) is 8.42 Å². The van der Waals surface area contributed by atoms with Crippen LogP contribution in [-0.4, -0.2) is 21.5 Å². The van der Waals surface area contributed by atoms with Crippen molar-refractivity contribution in [1.29, 1.82) is 0 Å². The molecule has 1 aromatic heterocycles. The van der Waals surface area contributed by atoms with Gasteiger partial charge in [0.15, 0.2) is 0 Å². The Labute approximate surface area is 125 Å². The van der Waals surface area contributed by atoms with E-state index >= 15 is 0 Å². The van der Waals surface area contributed by atoms with Crippen LogP contribution in [0.2, 0.25) is 0 Å². The van der Waals surface area contributed by atoms with Gasteiger partial charge < -0.3 is 9.73 Å². The van der Waals surface area contributed by atoms with Crippen LogP contribution >= 0.6 is 0 Å². The van der Waals surface area contributed by atoms with Gasteiger partial charge in [0.2, 0.25) is 10.0 Å². The molecule has 0 atom stereocenters. The Morgan fingerprint density at radius 3 is 2.48 bits per heavy atom. The van der Waals surface area contributed by atoms with E-state index in [4.69, 9.17) is 4.42 Å². The fourth-order valence-corrected chi connectivity index (χ4v) is 2.99. The van der Waals surface area contributed by atoms with Gasteiger partial charge in [-0.1, -0.05) is 6.92 Å². The molecule has 0 unspecified atom stereocenters. The Morgan fingerprint density at radius 1 is 1.10 bits per heavy atom. The topological polar surface area (TPSA) is 71.3 Å². The molecule has 1 heterocycles. The minimum Gasteiger partial charge on any atom is -0.469 e. The van der Waals surface area contributed by atoms with E-state index in [1.54, 1.807) is 30.5 Å². The van der Waals surface area contributed by atoms with Gasteiger partial charge in [0.1, 0.15) is 5.76 Å². The van der Waals surface area contributed by atoms with E-state index in [2.05, 4.69) is 10.0 Å². The summed E-state index contributed by atoms with van der Waals surface area (Å²) in [6.45, 7) is 3.10. The molecule has 0 aliphatic carbocycles. The first-order valence-corrected chi connectivity index (χ1v) is 8.46. The van der Waals surface area contributed by atoms with Crippen molar-refractivity contribution in [3.05, 3.63) is 48.4 Å². The Bertz CT molecular complexity index is 634. The lowest BCUT2D eigenvalue weighted by Crippen LogP contribution is -2.24. The molecular formula is C15H20N2O3S. The second-order valence-electron chi connectivity index (χ2n) is 4.68. The number of rotatable bonds is 8. The standard InChI is InChI=1S/C15H20N2O3S/c1-2-10-17-21(18,19)15-7-5-13(6-8-15)16-11-9-14-4-3-12-20-14/h3-8,12,16-17H,2,9-11H2,1H3. The Hall–Kier alpha value is -1.79. The minimum absolute atomic E-state index is 0.285. The lowest BCUT2D eigenvalue weighted by molar-refractivity contribution is 0.513. The summed E-state index contributed by atoms with van der Waals surface area (Å²) in [5.41, 5.74) is 0.885. The van der Waals surface area contributed by atoms with Crippen molar-refractivity contribution in [1.82, 2.24) is 4.72 Å². The molecule has 0 fully saturated rings. The number of sulfonamides is 1. The van der Waals surface area contributed by atoms with E-state index in [0.29, 0.717) is 6.54 Å². The molecule has 0 saturated heterocycles. The van der Waals surface area contributed by atoms with Crippen LogP contribution in [0.1, 0.15) is 19.1 Å². The van der Waals surface area contributed by atoms with Crippen molar-refractivity contribution in [2.75, 3.05) is 18.4 Å². The molecule has 114 valence electrons. The molecule has 5 nitrogen and oxygen atoms in total. The molecule has 0 saturated carbocycles. The van der Waals surface area contributed by atoms with E-state index in [1.165, 1.54) is 0 Å². The second-order valence-corrected chi connectivity index (χ2v) is 6.45. The summed E-state index contributed by atoms with van der Waals surface area (Å²) >= 11 is 0. The highest BCUT2D eigenvalue weighted by Gasteiger charge is 2.12. The van der Waals surface area contributed by atoms with Gasteiger partial charge in [-0.2, -0.15) is 0 Å². The average molecular weight is 308 g/mol. The van der Waals surface area contributed by atoms with Crippen LogP contribution in [0.5, 0.6) is 0 Å². The van der Waals surface area contributed by atoms with Crippen molar-refractivity contribution in [2.45, 2.75) is 24.7 Å². The summed E-state index contributed by atoms with van der Waals surface area (Å²) in [6.07, 6.45) is 3.20. The monoisotopic (exact) mass is 308 g/mol. The SMILES string of the molecule is CCCNS(=O)(=O)c1ccc(NCCc2ccco2)cc1. The predicted octanol–water partition coefficient (Wildman–Crippen LogP) is 2.62. The zero-order valence-electron chi connectivity index (χ0n) is 12.0. The van der Waals surface area contributed by atoms with Crippen LogP contribution in [0, 0.1) is 0 Å².